The Morgan fingerprint density at radius 2 is 1.74 bits per heavy atom. The number of ether oxygens (including phenoxy) is 1. The fourth-order valence-electron chi connectivity index (χ4n) is 3.65. The van der Waals surface area contributed by atoms with Gasteiger partial charge < -0.3 is 9.84 Å². The summed E-state index contributed by atoms with van der Waals surface area (Å²) in [7, 11) is -10.2. The molecule has 0 unspecified atom stereocenters. The highest BCUT2D eigenvalue weighted by Gasteiger charge is 2.65. The number of hydrogen-bond acceptors (Lipinski definition) is 6. The van der Waals surface area contributed by atoms with Crippen LogP contribution in [-0.2, 0) is 21.6 Å². The second kappa shape index (κ2) is 8.45. The van der Waals surface area contributed by atoms with Crippen molar-refractivity contribution in [1.82, 2.24) is 14.8 Å². The normalized spacial score (nSPS) is 16.1. The Labute approximate surface area is 220 Å². The first-order chi connectivity index (χ1) is 17.5. The van der Waals surface area contributed by atoms with E-state index in [1.807, 2.05) is 0 Å². The number of hydrogen-bond donors (Lipinski definition) is 2. The van der Waals surface area contributed by atoms with Gasteiger partial charge in [-0.05, 0) is 42.7 Å². The van der Waals surface area contributed by atoms with Crippen molar-refractivity contribution in [3.63, 3.8) is 0 Å². The number of aromatic nitrogens is 3. The molecule has 4 rings (SSSR count). The molecule has 38 heavy (non-hydrogen) atoms. The number of nitriles is 1. The van der Waals surface area contributed by atoms with Gasteiger partial charge in [0.2, 0.25) is 0 Å². The van der Waals surface area contributed by atoms with Crippen LogP contribution in [0.25, 0.3) is 5.69 Å². The van der Waals surface area contributed by atoms with Gasteiger partial charge in [0.15, 0.2) is 5.69 Å². The van der Waals surface area contributed by atoms with Gasteiger partial charge in [-0.25, -0.2) is 9.48 Å². The maximum absolute atomic E-state index is 13.4. The number of nitrogens with one attached hydrogen (secondary N) is 1. The van der Waals surface area contributed by atoms with Crippen LogP contribution in [0.15, 0.2) is 41.6 Å². The van der Waals surface area contributed by atoms with Crippen molar-refractivity contribution in [2.24, 2.45) is 0 Å². The van der Waals surface area contributed by atoms with E-state index >= 15 is 0 Å². The first-order valence-corrected chi connectivity index (χ1v) is 13.0. The molecule has 0 saturated heterocycles. The molecule has 1 saturated carbocycles. The zero-order chi connectivity index (χ0) is 28.2. The molecule has 1 fully saturated rings. The number of anilines is 1. The first-order valence-electron chi connectivity index (χ1n) is 10.3. The molecular formula is C21H14Cl2F5N5O4S. The molecule has 1 aliphatic rings. The van der Waals surface area contributed by atoms with E-state index in [9.17, 15) is 39.4 Å². The van der Waals surface area contributed by atoms with Gasteiger partial charge in [-0.15, -0.1) is 0 Å². The second-order valence-electron chi connectivity index (χ2n) is 8.24. The molecule has 1 aromatic carbocycles. The number of halogens is 7. The van der Waals surface area contributed by atoms with Crippen molar-refractivity contribution in [2.45, 2.75) is 29.8 Å². The van der Waals surface area contributed by atoms with E-state index in [0.717, 1.165) is 0 Å². The van der Waals surface area contributed by atoms with Crippen LogP contribution in [0.3, 0.4) is 0 Å². The van der Waals surface area contributed by atoms with E-state index in [1.54, 1.807) is 18.2 Å². The van der Waals surface area contributed by atoms with Crippen LogP contribution in [0.5, 0.6) is 0 Å². The summed E-state index contributed by atoms with van der Waals surface area (Å²) in [4.78, 5) is 26.1. The lowest BCUT2D eigenvalue weighted by Gasteiger charge is -2.40. The SMILES string of the molecule is N#Cc1nn(-c2c(Cl)cc(S(F)(F)(F)(F)F)cc2Cl)c(NC(=O)OCc2ccncc2)c1C1(C(=O)O)CC1. The van der Waals surface area contributed by atoms with Crippen LogP contribution in [-0.4, -0.2) is 31.9 Å². The molecule has 17 heteroatoms. The number of aliphatic carboxylic acids is 1. The van der Waals surface area contributed by atoms with E-state index < -0.39 is 59.8 Å². The zero-order valence-corrected chi connectivity index (χ0v) is 20.9. The maximum atomic E-state index is 13.4. The van der Waals surface area contributed by atoms with Gasteiger partial charge in [0.05, 0.1) is 21.0 Å². The van der Waals surface area contributed by atoms with E-state index in [2.05, 4.69) is 15.4 Å². The Balaban J connectivity index is 1.85. The number of pyridine rings is 1. The predicted octanol–water partition coefficient (Wildman–Crippen LogP) is 6.97. The van der Waals surface area contributed by atoms with E-state index in [1.165, 1.54) is 12.4 Å². The van der Waals surface area contributed by atoms with Gasteiger partial charge in [-0.2, -0.15) is 10.4 Å². The lowest BCUT2D eigenvalue weighted by Crippen LogP contribution is -2.24. The Bertz CT molecular complexity index is 1500. The molecule has 202 valence electrons. The van der Waals surface area contributed by atoms with E-state index in [-0.39, 0.29) is 37.1 Å². The monoisotopic (exact) mass is 597 g/mol. The molecule has 1 amide bonds. The Morgan fingerprint density at radius 1 is 1.16 bits per heavy atom. The zero-order valence-electron chi connectivity index (χ0n) is 18.6. The molecular weight excluding hydrogens is 584 g/mol. The minimum Gasteiger partial charge on any atom is -0.481 e. The van der Waals surface area contributed by atoms with Crippen LogP contribution >= 0.6 is 33.4 Å². The number of carboxylic acid groups (broad SMARTS) is 1. The Morgan fingerprint density at radius 3 is 2.21 bits per heavy atom. The quantitative estimate of drug-likeness (QED) is 0.281. The number of carboxylic acids is 1. The van der Waals surface area contributed by atoms with Crippen molar-refractivity contribution >= 4 is 51.3 Å². The van der Waals surface area contributed by atoms with Crippen LogP contribution in [0, 0.1) is 11.3 Å². The minimum absolute atomic E-state index is 0.0358. The molecule has 2 N–H and O–H groups in total. The third-order valence-corrected chi connectivity index (χ3v) is 7.32. The molecule has 0 bridgehead atoms. The van der Waals surface area contributed by atoms with Gasteiger partial charge in [0.1, 0.15) is 29.1 Å². The number of amides is 1. The molecule has 2 heterocycles. The summed E-state index contributed by atoms with van der Waals surface area (Å²) < 4.78 is 72.6. The molecule has 0 atom stereocenters. The summed E-state index contributed by atoms with van der Waals surface area (Å²) in [5.74, 6) is -1.86. The largest absolute Gasteiger partial charge is 0.481 e. The molecule has 0 aliphatic heterocycles. The van der Waals surface area contributed by atoms with Crippen LogP contribution in [0.4, 0.5) is 30.0 Å². The average Bonchev–Trinajstić information content (AvgIpc) is 3.54. The number of benzene rings is 1. The molecule has 1 aliphatic carbocycles. The molecule has 3 aromatic rings. The highest BCUT2D eigenvalue weighted by molar-refractivity contribution is 8.45. The van der Waals surface area contributed by atoms with Crippen molar-refractivity contribution in [3.8, 4) is 11.8 Å². The Hall–Kier alpha value is -3.61. The summed E-state index contributed by atoms with van der Waals surface area (Å²) >= 11 is 11.9. The summed E-state index contributed by atoms with van der Waals surface area (Å²) in [5.41, 5.74) is -2.55. The highest BCUT2D eigenvalue weighted by Crippen LogP contribution is 3.02. The van der Waals surface area contributed by atoms with Crippen molar-refractivity contribution < 1.29 is 38.9 Å². The topological polar surface area (TPSA) is 130 Å². The molecule has 2 aromatic heterocycles. The number of nitrogens with zero attached hydrogens (tertiary/aromatic N) is 4. The van der Waals surface area contributed by atoms with Crippen LogP contribution in [0.2, 0.25) is 10.0 Å². The van der Waals surface area contributed by atoms with E-state index in [4.69, 9.17) is 27.9 Å². The number of carbonyl (C=O) groups excluding carboxylic acids is 1. The van der Waals surface area contributed by atoms with Crippen molar-refractivity contribution in [1.29, 1.82) is 5.26 Å². The van der Waals surface area contributed by atoms with Gasteiger partial charge in [0, 0.05) is 12.4 Å². The van der Waals surface area contributed by atoms with Gasteiger partial charge in [-0.3, -0.25) is 15.1 Å². The van der Waals surface area contributed by atoms with E-state index in [0.29, 0.717) is 10.2 Å². The molecule has 0 radical (unpaired) electrons. The minimum atomic E-state index is -10.2. The highest BCUT2D eigenvalue weighted by atomic mass is 35.5. The summed E-state index contributed by atoms with van der Waals surface area (Å²) in [6.45, 7) is -0.257. The Kier molecular flexibility index (Phi) is 6.10. The summed E-state index contributed by atoms with van der Waals surface area (Å²) in [6, 6.07) is 4.60. The third kappa shape index (κ3) is 5.19. The summed E-state index contributed by atoms with van der Waals surface area (Å²) in [6.07, 6.45) is 1.78. The second-order valence-corrected chi connectivity index (χ2v) is 11.5. The van der Waals surface area contributed by atoms with Crippen molar-refractivity contribution in [2.75, 3.05) is 5.32 Å². The lowest BCUT2D eigenvalue weighted by molar-refractivity contribution is -0.140. The van der Waals surface area contributed by atoms with Gasteiger partial charge in [0.25, 0.3) is 0 Å². The first kappa shape index (κ1) is 27.4. The van der Waals surface area contributed by atoms with Crippen LogP contribution in [0.1, 0.15) is 29.7 Å². The van der Waals surface area contributed by atoms with Crippen LogP contribution < -0.4 is 5.32 Å². The fourth-order valence-corrected chi connectivity index (χ4v) is 5.11. The lowest BCUT2D eigenvalue weighted by atomic mass is 9.95. The average molecular weight is 598 g/mol. The number of rotatable bonds is 7. The fraction of sp³-hybridized carbons (Fsp3) is 0.190. The third-order valence-electron chi connectivity index (χ3n) is 5.62. The molecule has 0 spiro atoms. The molecule has 9 nitrogen and oxygen atoms in total. The predicted molar refractivity (Wildman–Crippen MR) is 126 cm³/mol. The maximum Gasteiger partial charge on any atom is 0.413 e. The summed E-state index contributed by atoms with van der Waals surface area (Å²) in [5, 5.41) is 23.7. The standard InChI is InChI=1S/C21H14Cl2F5N5O4S/c22-13-7-12(38(24,25,26,27)28)8-14(23)17(13)33-18(31-20(36)37-10-11-1-5-30-6-2-11)16(15(9-29)32-33)21(3-4-21)19(34)35/h1-2,5-8H,3-4,10H2,(H,31,36)(H,34,35). The smallest absolute Gasteiger partial charge is 0.413 e. The number of carbonyl (C=O) groups is 2. The van der Waals surface area contributed by atoms with Gasteiger partial charge in [-0.1, -0.05) is 42.6 Å². The van der Waals surface area contributed by atoms with Crippen molar-refractivity contribution in [3.05, 3.63) is 63.5 Å². The van der Waals surface area contributed by atoms with Gasteiger partial charge >= 0.3 is 22.3 Å².